The number of rotatable bonds is 2. The number of carbonyl (C=O) groups excluding carboxylic acids is 1. The molecule has 0 N–H and O–H groups in total. The summed E-state index contributed by atoms with van der Waals surface area (Å²) in [4.78, 5) is 10.4. The van der Waals surface area contributed by atoms with E-state index in [-0.39, 0.29) is 0 Å². The van der Waals surface area contributed by atoms with Gasteiger partial charge in [0.1, 0.15) is 6.26 Å². The predicted octanol–water partition coefficient (Wildman–Crippen LogP) is 1.14. The quantitative estimate of drug-likeness (QED) is 0.622. The van der Waals surface area contributed by atoms with Gasteiger partial charge >= 0.3 is 0 Å². The van der Waals surface area contributed by atoms with Crippen LogP contribution in [0.1, 0.15) is 10.4 Å². The molecule has 0 amide bonds. The van der Waals surface area contributed by atoms with E-state index in [0.29, 0.717) is 23.3 Å². The first-order chi connectivity index (χ1) is 5.92. The number of nitrogens with zero attached hydrogens (tertiary/aromatic N) is 2. The monoisotopic (exact) mass is 164 g/mol. The van der Waals surface area contributed by atoms with Crippen molar-refractivity contribution in [1.82, 2.24) is 10.3 Å². The molecule has 12 heavy (non-hydrogen) atoms. The highest BCUT2D eigenvalue weighted by molar-refractivity contribution is 5.83. The Balaban J connectivity index is 2.53. The molecule has 0 aliphatic carbocycles. The summed E-state index contributed by atoms with van der Waals surface area (Å²) < 4.78 is 9.38. The zero-order valence-electron chi connectivity index (χ0n) is 5.93. The van der Waals surface area contributed by atoms with Crippen LogP contribution >= 0.6 is 0 Å². The number of aromatic nitrogens is 2. The van der Waals surface area contributed by atoms with Gasteiger partial charge in [-0.25, -0.2) is 0 Å². The van der Waals surface area contributed by atoms with Crippen molar-refractivity contribution in [3.8, 4) is 11.5 Å². The Morgan fingerprint density at radius 1 is 1.50 bits per heavy atom. The molecule has 5 heteroatoms. The summed E-state index contributed by atoms with van der Waals surface area (Å²) in [6, 6.07) is 1.59. The third-order valence-corrected chi connectivity index (χ3v) is 1.40. The zero-order chi connectivity index (χ0) is 8.39. The smallest absolute Gasteiger partial charge is 0.199 e. The molecule has 60 valence electrons. The third kappa shape index (κ3) is 0.914. The van der Waals surface area contributed by atoms with Crippen LogP contribution in [0, 0.1) is 0 Å². The minimum absolute atomic E-state index is 0.332. The van der Waals surface area contributed by atoms with Crippen molar-refractivity contribution >= 4 is 6.29 Å². The zero-order valence-corrected chi connectivity index (χ0v) is 5.93. The van der Waals surface area contributed by atoms with Crippen LogP contribution in [0.4, 0.5) is 0 Å². The number of hydrogen-bond donors (Lipinski definition) is 0. The van der Waals surface area contributed by atoms with Crippen molar-refractivity contribution in [3.05, 3.63) is 24.1 Å². The summed E-state index contributed by atoms with van der Waals surface area (Å²) in [5.74, 6) is 0.332. The molecule has 2 aromatic rings. The van der Waals surface area contributed by atoms with E-state index >= 15 is 0 Å². The van der Waals surface area contributed by atoms with Crippen LogP contribution in [0.2, 0.25) is 0 Å². The van der Waals surface area contributed by atoms with E-state index in [1.165, 1.54) is 12.5 Å². The highest BCUT2D eigenvalue weighted by Crippen LogP contribution is 2.19. The normalized spacial score (nSPS) is 10.0. The van der Waals surface area contributed by atoms with Crippen molar-refractivity contribution in [2.45, 2.75) is 0 Å². The standard InChI is InChI=1S/C7H4N2O3/c10-4-5-3-8-12-7(5)6-1-2-11-9-6/h1-4H. The minimum Gasteiger partial charge on any atom is -0.364 e. The Morgan fingerprint density at radius 2 is 2.42 bits per heavy atom. The molecule has 0 fully saturated rings. The Labute approximate surface area is 66.9 Å². The second-order valence-electron chi connectivity index (χ2n) is 2.11. The molecule has 2 rings (SSSR count). The summed E-state index contributed by atoms with van der Waals surface area (Å²) in [6.45, 7) is 0. The molecule has 2 aromatic heterocycles. The first kappa shape index (κ1) is 6.78. The molecule has 0 aliphatic rings. The molecule has 0 saturated carbocycles. The van der Waals surface area contributed by atoms with Crippen LogP contribution in [0.3, 0.4) is 0 Å². The number of carbonyl (C=O) groups is 1. The summed E-state index contributed by atoms with van der Waals surface area (Å²) in [5.41, 5.74) is 0.832. The van der Waals surface area contributed by atoms with Gasteiger partial charge in [-0.15, -0.1) is 0 Å². The van der Waals surface area contributed by atoms with Gasteiger partial charge in [-0.3, -0.25) is 4.79 Å². The Kier molecular flexibility index (Phi) is 1.48. The fourth-order valence-corrected chi connectivity index (χ4v) is 0.855. The molecule has 0 radical (unpaired) electrons. The van der Waals surface area contributed by atoms with E-state index in [2.05, 4.69) is 14.8 Å². The Bertz CT molecular complexity index is 377. The second kappa shape index (κ2) is 2.61. The molecule has 0 unspecified atom stereocenters. The molecule has 0 spiro atoms. The van der Waals surface area contributed by atoms with Crippen LogP contribution in [0.25, 0.3) is 11.5 Å². The van der Waals surface area contributed by atoms with Crippen LogP contribution in [-0.2, 0) is 0 Å². The highest BCUT2D eigenvalue weighted by atomic mass is 16.5. The lowest BCUT2D eigenvalue weighted by molar-refractivity contribution is 0.112. The predicted molar refractivity (Wildman–Crippen MR) is 37.4 cm³/mol. The lowest BCUT2D eigenvalue weighted by Crippen LogP contribution is -1.79. The Morgan fingerprint density at radius 3 is 3.08 bits per heavy atom. The minimum atomic E-state index is 0.332. The molecule has 0 atom stereocenters. The third-order valence-electron chi connectivity index (χ3n) is 1.40. The average Bonchev–Trinajstić information content (AvgIpc) is 2.74. The van der Waals surface area contributed by atoms with Crippen molar-refractivity contribution in [3.63, 3.8) is 0 Å². The second-order valence-corrected chi connectivity index (χ2v) is 2.11. The highest BCUT2D eigenvalue weighted by Gasteiger charge is 2.11. The maximum absolute atomic E-state index is 10.4. The van der Waals surface area contributed by atoms with Crippen molar-refractivity contribution in [2.24, 2.45) is 0 Å². The average molecular weight is 164 g/mol. The largest absolute Gasteiger partial charge is 0.364 e. The van der Waals surface area contributed by atoms with Gasteiger partial charge in [-0.05, 0) is 0 Å². The maximum Gasteiger partial charge on any atom is 0.199 e. The molecule has 0 aromatic carbocycles. The summed E-state index contributed by atoms with van der Waals surface area (Å²) in [6.07, 6.45) is 3.38. The summed E-state index contributed by atoms with van der Waals surface area (Å²) >= 11 is 0. The van der Waals surface area contributed by atoms with Crippen LogP contribution in [0.15, 0.2) is 27.6 Å². The van der Waals surface area contributed by atoms with E-state index in [9.17, 15) is 4.79 Å². The fraction of sp³-hybridized carbons (Fsp3) is 0. The van der Waals surface area contributed by atoms with Gasteiger partial charge < -0.3 is 9.05 Å². The van der Waals surface area contributed by atoms with Crippen LogP contribution in [0.5, 0.6) is 0 Å². The van der Waals surface area contributed by atoms with E-state index in [4.69, 9.17) is 4.52 Å². The first-order valence-corrected chi connectivity index (χ1v) is 3.22. The summed E-state index contributed by atoms with van der Waals surface area (Å²) in [5, 5.41) is 7.06. The topological polar surface area (TPSA) is 69.1 Å². The van der Waals surface area contributed by atoms with E-state index in [1.807, 2.05) is 0 Å². The van der Waals surface area contributed by atoms with Crippen molar-refractivity contribution in [1.29, 1.82) is 0 Å². The Hall–Kier alpha value is -1.91. The van der Waals surface area contributed by atoms with Gasteiger partial charge in [0, 0.05) is 6.07 Å². The van der Waals surface area contributed by atoms with Gasteiger partial charge in [-0.1, -0.05) is 10.3 Å². The molecule has 0 saturated heterocycles. The van der Waals surface area contributed by atoms with Gasteiger partial charge in [0.15, 0.2) is 17.7 Å². The SMILES string of the molecule is O=Cc1cnoc1-c1ccon1. The molecule has 5 nitrogen and oxygen atoms in total. The number of hydrogen-bond acceptors (Lipinski definition) is 5. The molecule has 0 aliphatic heterocycles. The maximum atomic E-state index is 10.4. The van der Waals surface area contributed by atoms with E-state index in [1.54, 1.807) is 6.07 Å². The van der Waals surface area contributed by atoms with Crippen LogP contribution < -0.4 is 0 Å². The summed E-state index contributed by atoms with van der Waals surface area (Å²) in [7, 11) is 0. The molecular formula is C7H4N2O3. The molecule has 0 bridgehead atoms. The van der Waals surface area contributed by atoms with Crippen molar-refractivity contribution < 1.29 is 13.8 Å². The lowest BCUT2D eigenvalue weighted by Gasteiger charge is -1.84. The van der Waals surface area contributed by atoms with Crippen LogP contribution in [-0.4, -0.2) is 16.6 Å². The van der Waals surface area contributed by atoms with Gasteiger partial charge in [0.05, 0.1) is 11.8 Å². The van der Waals surface area contributed by atoms with Gasteiger partial charge in [-0.2, -0.15) is 0 Å². The van der Waals surface area contributed by atoms with E-state index in [0.717, 1.165) is 0 Å². The van der Waals surface area contributed by atoms with Gasteiger partial charge in [0.2, 0.25) is 0 Å². The lowest BCUT2D eigenvalue weighted by atomic mass is 10.2. The van der Waals surface area contributed by atoms with E-state index < -0.39 is 0 Å². The van der Waals surface area contributed by atoms with Gasteiger partial charge in [0.25, 0.3) is 0 Å². The van der Waals surface area contributed by atoms with Crippen molar-refractivity contribution in [2.75, 3.05) is 0 Å². The fourth-order valence-electron chi connectivity index (χ4n) is 0.855. The molecular weight excluding hydrogens is 160 g/mol. The first-order valence-electron chi connectivity index (χ1n) is 3.22. The molecule has 2 heterocycles. The number of aldehydes is 1.